The molecule has 3 rings (SSSR count). The number of hydrogen-bond acceptors (Lipinski definition) is 4. The molecule has 1 atom stereocenters. The van der Waals surface area contributed by atoms with Crippen LogP contribution in [0.5, 0.6) is 0 Å². The summed E-state index contributed by atoms with van der Waals surface area (Å²) in [6, 6.07) is 8.77. The minimum absolute atomic E-state index is 0.0775. The molecule has 0 aliphatic carbocycles. The van der Waals surface area contributed by atoms with Crippen molar-refractivity contribution < 1.29 is 4.79 Å². The number of nitrogens with zero attached hydrogens (tertiary/aromatic N) is 5. The van der Waals surface area contributed by atoms with Gasteiger partial charge in [-0.25, -0.2) is 14.8 Å². The SMILES string of the molecule is CC[C@H](C)c1nc(C)c(Cc2ccc(C)cc2)c(N2CCN(C(=O)N(C)C)CC2)n1. The van der Waals surface area contributed by atoms with E-state index in [-0.39, 0.29) is 6.03 Å². The summed E-state index contributed by atoms with van der Waals surface area (Å²) in [4.78, 5) is 28.1. The molecule has 0 spiro atoms. The molecule has 162 valence electrons. The molecule has 1 aliphatic heterocycles. The molecule has 0 saturated carbocycles. The number of aryl methyl sites for hydroxylation is 2. The summed E-state index contributed by atoms with van der Waals surface area (Å²) >= 11 is 0. The number of anilines is 1. The summed E-state index contributed by atoms with van der Waals surface area (Å²) in [6.07, 6.45) is 1.83. The Labute approximate surface area is 180 Å². The second-order valence-electron chi connectivity index (χ2n) is 8.59. The average Bonchev–Trinajstić information content (AvgIpc) is 2.75. The van der Waals surface area contributed by atoms with E-state index >= 15 is 0 Å². The Balaban J connectivity index is 1.91. The number of benzene rings is 1. The Morgan fingerprint density at radius 1 is 1.07 bits per heavy atom. The van der Waals surface area contributed by atoms with Crippen molar-refractivity contribution in [2.24, 2.45) is 0 Å². The topological polar surface area (TPSA) is 52.6 Å². The van der Waals surface area contributed by atoms with E-state index in [1.807, 2.05) is 4.90 Å². The summed E-state index contributed by atoms with van der Waals surface area (Å²) in [5.41, 5.74) is 4.79. The molecule has 1 aromatic carbocycles. The van der Waals surface area contributed by atoms with Gasteiger partial charge >= 0.3 is 6.03 Å². The lowest BCUT2D eigenvalue weighted by molar-refractivity contribution is 0.168. The molecule has 30 heavy (non-hydrogen) atoms. The van der Waals surface area contributed by atoms with Crippen LogP contribution >= 0.6 is 0 Å². The van der Waals surface area contributed by atoms with E-state index in [0.717, 1.165) is 43.3 Å². The molecule has 1 aromatic heterocycles. The highest BCUT2D eigenvalue weighted by molar-refractivity contribution is 5.74. The van der Waals surface area contributed by atoms with Crippen LogP contribution in [-0.2, 0) is 6.42 Å². The Hall–Kier alpha value is -2.63. The number of hydrogen-bond donors (Lipinski definition) is 0. The van der Waals surface area contributed by atoms with Gasteiger partial charge in [-0.2, -0.15) is 0 Å². The molecular weight excluding hydrogens is 374 g/mol. The van der Waals surface area contributed by atoms with Gasteiger partial charge in [0.05, 0.1) is 0 Å². The van der Waals surface area contributed by atoms with Crippen molar-refractivity contribution in [1.29, 1.82) is 0 Å². The first kappa shape index (κ1) is 22.1. The van der Waals surface area contributed by atoms with Gasteiger partial charge in [-0.1, -0.05) is 43.7 Å². The van der Waals surface area contributed by atoms with E-state index in [1.54, 1.807) is 19.0 Å². The molecule has 6 nitrogen and oxygen atoms in total. The van der Waals surface area contributed by atoms with E-state index in [0.29, 0.717) is 19.0 Å². The van der Waals surface area contributed by atoms with Crippen LogP contribution in [0.1, 0.15) is 54.4 Å². The molecule has 0 radical (unpaired) electrons. The summed E-state index contributed by atoms with van der Waals surface area (Å²) in [5.74, 6) is 2.28. The molecular formula is C24H35N5O. The first-order chi connectivity index (χ1) is 14.3. The molecule has 1 aliphatic rings. The van der Waals surface area contributed by atoms with Crippen LogP contribution in [0.25, 0.3) is 0 Å². The molecule has 6 heteroatoms. The van der Waals surface area contributed by atoms with Crippen LogP contribution in [-0.4, -0.2) is 66.1 Å². The quantitative estimate of drug-likeness (QED) is 0.749. The summed E-state index contributed by atoms with van der Waals surface area (Å²) in [6.45, 7) is 11.6. The predicted molar refractivity (Wildman–Crippen MR) is 122 cm³/mol. The van der Waals surface area contributed by atoms with Crippen LogP contribution in [0.4, 0.5) is 10.6 Å². The largest absolute Gasteiger partial charge is 0.353 e. The highest BCUT2D eigenvalue weighted by Crippen LogP contribution is 2.28. The molecule has 1 saturated heterocycles. The molecule has 0 bridgehead atoms. The first-order valence-electron chi connectivity index (χ1n) is 10.9. The van der Waals surface area contributed by atoms with Crippen molar-refractivity contribution in [3.8, 4) is 0 Å². The van der Waals surface area contributed by atoms with Crippen LogP contribution < -0.4 is 4.90 Å². The zero-order chi connectivity index (χ0) is 21.8. The van der Waals surface area contributed by atoms with Crippen LogP contribution in [0, 0.1) is 13.8 Å². The van der Waals surface area contributed by atoms with Gasteiger partial charge in [-0.3, -0.25) is 0 Å². The molecule has 2 aromatic rings. The maximum atomic E-state index is 12.3. The van der Waals surface area contributed by atoms with Gasteiger partial charge in [0, 0.05) is 63.9 Å². The summed E-state index contributed by atoms with van der Waals surface area (Å²) in [5, 5.41) is 0. The number of carbonyl (C=O) groups excluding carboxylic acids is 1. The fraction of sp³-hybridized carbons (Fsp3) is 0.542. The van der Waals surface area contributed by atoms with Crippen molar-refractivity contribution in [2.45, 2.75) is 46.5 Å². The van der Waals surface area contributed by atoms with Gasteiger partial charge in [0.15, 0.2) is 0 Å². The predicted octanol–water partition coefficient (Wildman–Crippen LogP) is 4.00. The van der Waals surface area contributed by atoms with Gasteiger partial charge < -0.3 is 14.7 Å². The normalized spacial score (nSPS) is 15.3. The van der Waals surface area contributed by atoms with Gasteiger partial charge in [0.2, 0.25) is 0 Å². The van der Waals surface area contributed by atoms with Crippen LogP contribution in [0.3, 0.4) is 0 Å². The number of aromatic nitrogens is 2. The van der Waals surface area contributed by atoms with Crippen LogP contribution in [0.2, 0.25) is 0 Å². The Bertz CT molecular complexity index is 870. The standard InChI is InChI=1S/C24H35N5O/c1-7-18(3)22-25-19(4)21(16-20-10-8-17(2)9-11-20)23(26-22)28-12-14-29(15-13-28)24(30)27(5)6/h8-11,18H,7,12-16H2,1-6H3/t18-/m0/s1. The third-order valence-electron chi connectivity index (χ3n) is 6.00. The number of urea groups is 1. The van der Waals surface area contributed by atoms with Crippen molar-refractivity contribution in [3.05, 3.63) is 52.5 Å². The molecule has 1 fully saturated rings. The van der Waals surface area contributed by atoms with Gasteiger partial charge in [0.1, 0.15) is 11.6 Å². The summed E-state index contributed by atoms with van der Waals surface area (Å²) < 4.78 is 0. The van der Waals surface area contributed by atoms with Crippen LogP contribution in [0.15, 0.2) is 24.3 Å². The van der Waals surface area contributed by atoms with E-state index in [2.05, 4.69) is 56.9 Å². The Morgan fingerprint density at radius 2 is 1.70 bits per heavy atom. The Morgan fingerprint density at radius 3 is 2.27 bits per heavy atom. The maximum absolute atomic E-state index is 12.3. The smallest absolute Gasteiger partial charge is 0.319 e. The average molecular weight is 410 g/mol. The number of rotatable bonds is 5. The van der Waals surface area contributed by atoms with Crippen molar-refractivity contribution in [1.82, 2.24) is 19.8 Å². The lowest BCUT2D eigenvalue weighted by Gasteiger charge is -2.37. The molecule has 0 unspecified atom stereocenters. The first-order valence-corrected chi connectivity index (χ1v) is 10.9. The van der Waals surface area contributed by atoms with Gasteiger partial charge in [-0.15, -0.1) is 0 Å². The lowest BCUT2D eigenvalue weighted by Crippen LogP contribution is -2.52. The minimum atomic E-state index is 0.0775. The van der Waals surface area contributed by atoms with Crippen molar-refractivity contribution >= 4 is 11.8 Å². The number of carbonyl (C=O) groups is 1. The summed E-state index contributed by atoms with van der Waals surface area (Å²) in [7, 11) is 3.61. The highest BCUT2D eigenvalue weighted by atomic mass is 16.2. The maximum Gasteiger partial charge on any atom is 0.319 e. The van der Waals surface area contributed by atoms with Gasteiger partial charge in [-0.05, 0) is 25.8 Å². The van der Waals surface area contributed by atoms with Gasteiger partial charge in [0.25, 0.3) is 0 Å². The lowest BCUT2D eigenvalue weighted by atomic mass is 10.0. The van der Waals surface area contributed by atoms with E-state index in [9.17, 15) is 4.79 Å². The number of piperazine rings is 1. The van der Waals surface area contributed by atoms with E-state index < -0.39 is 0 Å². The Kier molecular flexibility index (Phi) is 6.95. The second-order valence-corrected chi connectivity index (χ2v) is 8.59. The van der Waals surface area contributed by atoms with E-state index in [1.165, 1.54) is 16.7 Å². The molecule has 2 amide bonds. The zero-order valence-corrected chi connectivity index (χ0v) is 19.3. The third-order valence-corrected chi connectivity index (χ3v) is 6.00. The second kappa shape index (κ2) is 9.45. The van der Waals surface area contributed by atoms with Crippen molar-refractivity contribution in [3.63, 3.8) is 0 Å². The fourth-order valence-corrected chi connectivity index (χ4v) is 3.78. The third kappa shape index (κ3) is 4.91. The zero-order valence-electron chi connectivity index (χ0n) is 19.3. The van der Waals surface area contributed by atoms with Crippen molar-refractivity contribution in [2.75, 3.05) is 45.2 Å². The number of amides is 2. The highest BCUT2D eigenvalue weighted by Gasteiger charge is 2.26. The van der Waals surface area contributed by atoms with E-state index in [4.69, 9.17) is 9.97 Å². The monoisotopic (exact) mass is 409 g/mol. The fourth-order valence-electron chi connectivity index (χ4n) is 3.78. The molecule has 0 N–H and O–H groups in total. The molecule has 2 heterocycles. The minimum Gasteiger partial charge on any atom is -0.353 e.